The van der Waals surface area contributed by atoms with E-state index in [9.17, 15) is 19.2 Å². The average molecular weight is 342 g/mol. The lowest BCUT2D eigenvalue weighted by Gasteiger charge is -2.22. The maximum Gasteiger partial charge on any atom is 0.349 e. The van der Waals surface area contributed by atoms with E-state index >= 15 is 0 Å². The number of amides is 3. The number of aryl methyl sites for hydroxylation is 3. The fourth-order valence-corrected chi connectivity index (χ4v) is 3.12. The molecular weight excluding hydrogens is 324 g/mol. The summed E-state index contributed by atoms with van der Waals surface area (Å²) in [6.45, 7) is 5.43. The molecular formula is C18H18N2O5. The minimum absolute atomic E-state index is 0.123. The molecule has 0 bridgehead atoms. The fourth-order valence-electron chi connectivity index (χ4n) is 3.12. The van der Waals surface area contributed by atoms with Gasteiger partial charge in [0.15, 0.2) is 0 Å². The Kier molecular flexibility index (Phi) is 4.16. The van der Waals surface area contributed by atoms with E-state index in [4.69, 9.17) is 4.42 Å². The fraction of sp³-hybridized carbons (Fsp3) is 0.333. The van der Waals surface area contributed by atoms with Crippen LogP contribution in [0.1, 0.15) is 39.9 Å². The molecule has 1 aromatic heterocycles. The van der Waals surface area contributed by atoms with Crippen LogP contribution in [0.25, 0.3) is 11.0 Å². The third-order valence-corrected chi connectivity index (χ3v) is 4.37. The summed E-state index contributed by atoms with van der Waals surface area (Å²) in [6.07, 6.45) is 0.340. The van der Waals surface area contributed by atoms with E-state index in [2.05, 4.69) is 10.6 Å². The van der Waals surface area contributed by atoms with E-state index in [1.807, 2.05) is 26.0 Å². The van der Waals surface area contributed by atoms with Crippen LogP contribution in [0.4, 0.5) is 0 Å². The molecule has 1 aromatic carbocycles. The first kappa shape index (κ1) is 16.9. The van der Waals surface area contributed by atoms with Crippen LogP contribution in [0.3, 0.4) is 0 Å². The van der Waals surface area contributed by atoms with Gasteiger partial charge >= 0.3 is 5.63 Å². The van der Waals surface area contributed by atoms with Crippen molar-refractivity contribution in [2.75, 3.05) is 0 Å². The van der Waals surface area contributed by atoms with E-state index in [-0.39, 0.29) is 24.3 Å². The molecule has 1 fully saturated rings. The molecule has 2 N–H and O–H groups in total. The molecule has 3 amide bonds. The summed E-state index contributed by atoms with van der Waals surface area (Å²) in [5.74, 6) is -1.62. The van der Waals surface area contributed by atoms with Crippen molar-refractivity contribution in [3.8, 4) is 0 Å². The number of nitrogens with one attached hydrogen (secondary N) is 2. The second kappa shape index (κ2) is 6.16. The number of carbonyl (C=O) groups excluding carboxylic acids is 3. The smallest absolute Gasteiger partial charge is 0.349 e. The molecule has 0 aliphatic carbocycles. The van der Waals surface area contributed by atoms with E-state index in [0.29, 0.717) is 16.5 Å². The molecule has 7 nitrogen and oxygen atoms in total. The molecule has 7 heteroatoms. The van der Waals surface area contributed by atoms with Crippen LogP contribution in [-0.4, -0.2) is 23.8 Å². The summed E-state index contributed by atoms with van der Waals surface area (Å²) >= 11 is 0. The highest BCUT2D eigenvalue weighted by molar-refractivity contribution is 6.05. The van der Waals surface area contributed by atoms with Gasteiger partial charge in [-0.25, -0.2) is 4.79 Å². The van der Waals surface area contributed by atoms with Crippen LogP contribution < -0.4 is 16.3 Å². The second-order valence-corrected chi connectivity index (χ2v) is 6.33. The topological polar surface area (TPSA) is 105 Å². The molecule has 1 aliphatic rings. The lowest BCUT2D eigenvalue weighted by molar-refractivity contribution is -0.134. The van der Waals surface area contributed by atoms with Gasteiger partial charge in [0, 0.05) is 11.8 Å². The number of imide groups is 1. The predicted octanol–water partition coefficient (Wildman–Crippen LogP) is 1.25. The highest BCUT2D eigenvalue weighted by Gasteiger charge is 2.30. The molecule has 0 radical (unpaired) electrons. The standard InChI is InChI=1S/C18H18N2O5/c1-8-6-9(2)15-11(7-8)10(3)14(18(24)25-15)17(23)19-12-4-5-13(21)20-16(12)22/h6-7,12H,4-5H2,1-3H3,(H,19,23)(H,20,21,22). The molecule has 130 valence electrons. The Labute approximate surface area is 143 Å². The molecule has 2 heterocycles. The summed E-state index contributed by atoms with van der Waals surface area (Å²) < 4.78 is 5.34. The number of rotatable bonds is 2. The van der Waals surface area contributed by atoms with Crippen LogP contribution in [0, 0.1) is 20.8 Å². The second-order valence-electron chi connectivity index (χ2n) is 6.33. The van der Waals surface area contributed by atoms with E-state index in [0.717, 1.165) is 11.1 Å². The molecule has 0 saturated carbocycles. The van der Waals surface area contributed by atoms with Crippen LogP contribution in [0.5, 0.6) is 0 Å². The first-order valence-electron chi connectivity index (χ1n) is 7.97. The maximum atomic E-state index is 12.6. The van der Waals surface area contributed by atoms with Crippen molar-refractivity contribution < 1.29 is 18.8 Å². The Morgan fingerprint density at radius 2 is 1.92 bits per heavy atom. The van der Waals surface area contributed by atoms with Crippen LogP contribution in [0.2, 0.25) is 0 Å². The summed E-state index contributed by atoms with van der Waals surface area (Å²) in [5, 5.41) is 5.37. The normalized spacial score (nSPS) is 17.5. The van der Waals surface area contributed by atoms with Crippen molar-refractivity contribution in [2.45, 2.75) is 39.7 Å². The number of benzene rings is 1. The zero-order valence-electron chi connectivity index (χ0n) is 14.2. The van der Waals surface area contributed by atoms with Gasteiger partial charge in [0.05, 0.1) is 0 Å². The minimum atomic E-state index is -0.848. The van der Waals surface area contributed by atoms with Gasteiger partial charge in [-0.2, -0.15) is 0 Å². The van der Waals surface area contributed by atoms with Crippen molar-refractivity contribution in [3.63, 3.8) is 0 Å². The third kappa shape index (κ3) is 3.05. The Morgan fingerprint density at radius 1 is 1.20 bits per heavy atom. The Balaban J connectivity index is 2.01. The van der Waals surface area contributed by atoms with Crippen molar-refractivity contribution >= 4 is 28.7 Å². The average Bonchev–Trinajstić information content (AvgIpc) is 2.51. The Bertz CT molecular complexity index is 974. The maximum absolute atomic E-state index is 12.6. The van der Waals surface area contributed by atoms with E-state index < -0.39 is 23.5 Å². The van der Waals surface area contributed by atoms with Gasteiger partial charge in [-0.1, -0.05) is 6.07 Å². The first-order valence-corrected chi connectivity index (χ1v) is 7.97. The zero-order valence-corrected chi connectivity index (χ0v) is 14.2. The summed E-state index contributed by atoms with van der Waals surface area (Å²) in [4.78, 5) is 47.9. The summed E-state index contributed by atoms with van der Waals surface area (Å²) in [6, 6.07) is 2.90. The highest BCUT2D eigenvalue weighted by Crippen LogP contribution is 2.24. The van der Waals surface area contributed by atoms with Gasteiger partial charge in [0.25, 0.3) is 5.91 Å². The Hall–Kier alpha value is -2.96. The highest BCUT2D eigenvalue weighted by atomic mass is 16.4. The van der Waals surface area contributed by atoms with E-state index in [1.54, 1.807) is 6.92 Å². The first-order chi connectivity index (χ1) is 11.8. The van der Waals surface area contributed by atoms with Gasteiger partial charge in [-0.15, -0.1) is 0 Å². The van der Waals surface area contributed by atoms with E-state index in [1.165, 1.54) is 0 Å². The number of piperidine rings is 1. The number of carbonyl (C=O) groups is 3. The molecule has 25 heavy (non-hydrogen) atoms. The monoisotopic (exact) mass is 342 g/mol. The predicted molar refractivity (Wildman–Crippen MR) is 90.3 cm³/mol. The van der Waals surface area contributed by atoms with Gasteiger partial charge in [-0.3, -0.25) is 19.7 Å². The lowest BCUT2D eigenvalue weighted by atomic mass is 10.00. The molecule has 3 rings (SSSR count). The zero-order chi connectivity index (χ0) is 18.3. The van der Waals surface area contributed by atoms with Gasteiger partial charge in [-0.05, 0) is 49.9 Å². The largest absolute Gasteiger partial charge is 0.422 e. The molecule has 1 saturated heterocycles. The molecule has 2 aromatic rings. The minimum Gasteiger partial charge on any atom is -0.422 e. The summed E-state index contributed by atoms with van der Waals surface area (Å²) in [7, 11) is 0. The van der Waals surface area contributed by atoms with Crippen molar-refractivity contribution in [1.29, 1.82) is 0 Å². The number of hydrogen-bond acceptors (Lipinski definition) is 5. The van der Waals surface area contributed by atoms with Crippen molar-refractivity contribution in [3.05, 3.63) is 44.8 Å². The molecule has 1 aliphatic heterocycles. The van der Waals surface area contributed by atoms with Crippen LogP contribution >= 0.6 is 0 Å². The number of fused-ring (bicyclic) bond motifs is 1. The SMILES string of the molecule is Cc1cc(C)c2oc(=O)c(C(=O)NC3CCC(=O)NC3=O)c(C)c2c1. The summed E-state index contributed by atoms with van der Waals surface area (Å²) in [5.41, 5.74) is 1.88. The van der Waals surface area contributed by atoms with Gasteiger partial charge < -0.3 is 9.73 Å². The molecule has 1 unspecified atom stereocenters. The molecule has 1 atom stereocenters. The van der Waals surface area contributed by atoms with Crippen molar-refractivity contribution in [2.24, 2.45) is 0 Å². The van der Waals surface area contributed by atoms with Crippen LogP contribution in [-0.2, 0) is 9.59 Å². The van der Waals surface area contributed by atoms with Crippen molar-refractivity contribution in [1.82, 2.24) is 10.6 Å². The quantitative estimate of drug-likeness (QED) is 0.631. The Morgan fingerprint density at radius 3 is 2.60 bits per heavy atom. The third-order valence-electron chi connectivity index (χ3n) is 4.37. The molecule has 0 spiro atoms. The number of hydrogen-bond donors (Lipinski definition) is 2. The van der Waals surface area contributed by atoms with Crippen LogP contribution in [0.15, 0.2) is 21.3 Å². The van der Waals surface area contributed by atoms with Gasteiger partial charge in [0.2, 0.25) is 11.8 Å². The van der Waals surface area contributed by atoms with Gasteiger partial charge in [0.1, 0.15) is 17.2 Å². The lowest BCUT2D eigenvalue weighted by Crippen LogP contribution is -2.52.